The maximum Gasteiger partial charge on any atom is 0.209 e. The number of nitrogen functional groups attached to an aromatic ring is 1. The maximum absolute atomic E-state index is 5.58. The summed E-state index contributed by atoms with van der Waals surface area (Å²) in [7, 11) is 0. The van der Waals surface area contributed by atoms with Gasteiger partial charge in [-0.05, 0) is 13.2 Å². The fourth-order valence-electron chi connectivity index (χ4n) is 0.609. The molecule has 11 heavy (non-hydrogen) atoms. The quantitative estimate of drug-likeness (QED) is 0.400. The summed E-state index contributed by atoms with van der Waals surface area (Å²) < 4.78 is 1.90. The van der Waals surface area contributed by atoms with E-state index in [0.717, 1.165) is 0 Å². The zero-order chi connectivity index (χ0) is 8.43. The van der Waals surface area contributed by atoms with Gasteiger partial charge in [-0.1, -0.05) is 24.0 Å². The third-order valence-corrected chi connectivity index (χ3v) is 2.34. The molecule has 0 aliphatic carbocycles. The molecule has 6 heteroatoms. The van der Waals surface area contributed by atoms with E-state index in [1.54, 1.807) is 6.92 Å². The van der Waals surface area contributed by atoms with E-state index in [4.69, 9.17) is 18.1 Å². The van der Waals surface area contributed by atoms with Crippen LogP contribution in [-0.4, -0.2) is 21.1 Å². The Bertz CT molecular complexity index is 319. The molecule has 2 N–H and O–H groups in total. The van der Waals surface area contributed by atoms with Gasteiger partial charge in [0, 0.05) is 0 Å². The standard InChI is InChI=1S/C5H8N4S2/c1-3-4(10)9(6)5(11-2)8-7-3/h6H2,1-2H3. The van der Waals surface area contributed by atoms with Gasteiger partial charge >= 0.3 is 0 Å². The number of nitrogens with zero attached hydrogens (tertiary/aromatic N) is 3. The van der Waals surface area contributed by atoms with Gasteiger partial charge in [-0.3, -0.25) is 0 Å². The first kappa shape index (κ1) is 8.48. The van der Waals surface area contributed by atoms with Gasteiger partial charge in [-0.25, -0.2) is 4.68 Å². The molecule has 0 aromatic carbocycles. The molecule has 0 unspecified atom stereocenters. The molecular formula is C5H8N4S2. The third-order valence-electron chi connectivity index (χ3n) is 1.20. The van der Waals surface area contributed by atoms with Gasteiger partial charge in [0.2, 0.25) is 5.16 Å². The van der Waals surface area contributed by atoms with E-state index >= 15 is 0 Å². The second-order valence-corrected chi connectivity index (χ2v) is 3.11. The van der Waals surface area contributed by atoms with Gasteiger partial charge in [-0.2, -0.15) is 5.10 Å². The van der Waals surface area contributed by atoms with Crippen molar-refractivity contribution in [3.8, 4) is 0 Å². The first-order chi connectivity index (χ1) is 5.16. The Morgan fingerprint density at radius 1 is 1.55 bits per heavy atom. The van der Waals surface area contributed by atoms with Gasteiger partial charge in [0.1, 0.15) is 0 Å². The van der Waals surface area contributed by atoms with Gasteiger partial charge in [0.25, 0.3) is 0 Å². The number of hydrogen-bond donors (Lipinski definition) is 1. The molecule has 0 saturated carbocycles. The van der Waals surface area contributed by atoms with Crippen molar-refractivity contribution in [2.75, 3.05) is 12.1 Å². The Labute approximate surface area is 73.8 Å². The second-order valence-electron chi connectivity index (χ2n) is 1.95. The molecule has 60 valence electrons. The van der Waals surface area contributed by atoms with Crippen molar-refractivity contribution in [1.82, 2.24) is 14.9 Å². The van der Waals surface area contributed by atoms with Crippen molar-refractivity contribution in [3.63, 3.8) is 0 Å². The molecule has 1 aromatic heterocycles. The minimum absolute atomic E-state index is 0.532. The highest BCUT2D eigenvalue weighted by atomic mass is 32.2. The Hall–Kier alpha value is -0.620. The maximum atomic E-state index is 5.58. The van der Waals surface area contributed by atoms with E-state index in [9.17, 15) is 0 Å². The number of aryl methyl sites for hydroxylation is 1. The van der Waals surface area contributed by atoms with Crippen LogP contribution in [0.2, 0.25) is 0 Å². The minimum Gasteiger partial charge on any atom is -0.336 e. The highest BCUT2D eigenvalue weighted by Crippen LogP contribution is 2.08. The van der Waals surface area contributed by atoms with Crippen molar-refractivity contribution >= 4 is 24.0 Å². The van der Waals surface area contributed by atoms with Crippen molar-refractivity contribution in [2.45, 2.75) is 12.1 Å². The lowest BCUT2D eigenvalue weighted by molar-refractivity contribution is 0.700. The molecule has 0 bridgehead atoms. The summed E-state index contributed by atoms with van der Waals surface area (Å²) in [5.74, 6) is 5.58. The number of nitrogens with two attached hydrogens (primary N) is 1. The lowest BCUT2D eigenvalue weighted by Crippen LogP contribution is -2.16. The monoisotopic (exact) mass is 188 g/mol. The molecule has 0 atom stereocenters. The number of rotatable bonds is 1. The molecule has 0 radical (unpaired) electrons. The molecule has 0 spiro atoms. The average Bonchev–Trinajstić information content (AvgIpc) is 2.01. The molecule has 0 aliphatic heterocycles. The van der Waals surface area contributed by atoms with Gasteiger partial charge in [0.15, 0.2) is 4.64 Å². The van der Waals surface area contributed by atoms with Crippen molar-refractivity contribution in [3.05, 3.63) is 10.3 Å². The zero-order valence-electron chi connectivity index (χ0n) is 6.24. The smallest absolute Gasteiger partial charge is 0.209 e. The molecule has 1 rings (SSSR count). The SMILES string of the molecule is CSc1nnc(C)c(=S)n1N. The summed E-state index contributed by atoms with van der Waals surface area (Å²) in [6, 6.07) is 0. The Morgan fingerprint density at radius 2 is 2.18 bits per heavy atom. The second kappa shape index (κ2) is 3.19. The van der Waals surface area contributed by atoms with Crippen LogP contribution in [0.5, 0.6) is 0 Å². The Morgan fingerprint density at radius 3 is 2.73 bits per heavy atom. The molecule has 0 saturated heterocycles. The van der Waals surface area contributed by atoms with Crippen LogP contribution in [0.15, 0.2) is 5.16 Å². The highest BCUT2D eigenvalue weighted by Gasteiger charge is 2.00. The van der Waals surface area contributed by atoms with Crippen LogP contribution in [0.3, 0.4) is 0 Å². The summed E-state index contributed by atoms with van der Waals surface area (Å²) in [6.45, 7) is 1.78. The summed E-state index contributed by atoms with van der Waals surface area (Å²) >= 11 is 6.39. The van der Waals surface area contributed by atoms with Crippen LogP contribution in [0.1, 0.15) is 5.69 Å². The Kier molecular flexibility index (Phi) is 2.45. The zero-order valence-corrected chi connectivity index (χ0v) is 7.87. The normalized spacial score (nSPS) is 10.0. The number of thioether (sulfide) groups is 1. The van der Waals surface area contributed by atoms with Crippen molar-refractivity contribution in [1.29, 1.82) is 0 Å². The molecule has 0 fully saturated rings. The lowest BCUT2D eigenvalue weighted by atomic mass is 10.5. The largest absolute Gasteiger partial charge is 0.336 e. The van der Waals surface area contributed by atoms with Crippen LogP contribution < -0.4 is 5.84 Å². The summed E-state index contributed by atoms with van der Waals surface area (Å²) in [5.41, 5.74) is 0.681. The number of hydrogen-bond acceptors (Lipinski definition) is 5. The molecule has 0 amide bonds. The molecular weight excluding hydrogens is 180 g/mol. The van der Waals surface area contributed by atoms with Crippen molar-refractivity contribution in [2.24, 2.45) is 0 Å². The van der Waals surface area contributed by atoms with E-state index in [2.05, 4.69) is 10.2 Å². The summed E-state index contributed by atoms with van der Waals surface area (Å²) in [5, 5.41) is 8.30. The van der Waals surface area contributed by atoms with Crippen LogP contribution in [-0.2, 0) is 0 Å². The van der Waals surface area contributed by atoms with E-state index in [0.29, 0.717) is 15.5 Å². The third kappa shape index (κ3) is 1.51. The van der Waals surface area contributed by atoms with Crippen molar-refractivity contribution < 1.29 is 0 Å². The van der Waals surface area contributed by atoms with Gasteiger partial charge in [-0.15, -0.1) is 5.10 Å². The van der Waals surface area contributed by atoms with Gasteiger partial charge < -0.3 is 5.84 Å². The minimum atomic E-state index is 0.532. The molecule has 1 heterocycles. The fourth-order valence-corrected chi connectivity index (χ4v) is 1.20. The predicted octanol–water partition coefficient (Wildman–Crippen LogP) is 0.752. The molecule has 0 aliphatic rings. The van der Waals surface area contributed by atoms with Gasteiger partial charge in [0.05, 0.1) is 5.69 Å². The average molecular weight is 188 g/mol. The van der Waals surface area contributed by atoms with E-state index < -0.39 is 0 Å². The van der Waals surface area contributed by atoms with Crippen LogP contribution in [0.25, 0.3) is 0 Å². The van der Waals surface area contributed by atoms with Crippen LogP contribution in [0, 0.1) is 11.6 Å². The van der Waals surface area contributed by atoms with E-state index in [1.807, 2.05) is 6.26 Å². The Balaban J connectivity index is 3.37. The molecule has 4 nitrogen and oxygen atoms in total. The fraction of sp³-hybridized carbons (Fsp3) is 0.400. The first-order valence-corrected chi connectivity index (χ1v) is 4.55. The lowest BCUT2D eigenvalue weighted by Gasteiger charge is -2.03. The summed E-state index contributed by atoms with van der Waals surface area (Å²) in [4.78, 5) is 0. The number of aromatic nitrogens is 3. The van der Waals surface area contributed by atoms with E-state index in [1.165, 1.54) is 16.4 Å². The van der Waals surface area contributed by atoms with Crippen LogP contribution >= 0.6 is 24.0 Å². The first-order valence-electron chi connectivity index (χ1n) is 2.92. The summed E-state index contributed by atoms with van der Waals surface area (Å²) in [6.07, 6.45) is 1.87. The molecule has 1 aromatic rings. The predicted molar refractivity (Wildman–Crippen MR) is 47.5 cm³/mol. The van der Waals surface area contributed by atoms with Crippen LogP contribution in [0.4, 0.5) is 0 Å². The highest BCUT2D eigenvalue weighted by molar-refractivity contribution is 7.98. The topological polar surface area (TPSA) is 56.7 Å². The van der Waals surface area contributed by atoms with E-state index in [-0.39, 0.29) is 0 Å².